The van der Waals surface area contributed by atoms with Gasteiger partial charge in [0.2, 0.25) is 0 Å². The summed E-state index contributed by atoms with van der Waals surface area (Å²) in [5, 5.41) is 9.66. The van der Waals surface area contributed by atoms with Crippen LogP contribution in [0.2, 0.25) is 0 Å². The van der Waals surface area contributed by atoms with E-state index in [4.69, 9.17) is 4.42 Å². The summed E-state index contributed by atoms with van der Waals surface area (Å²) >= 11 is 0. The zero-order chi connectivity index (χ0) is 32.3. The molecule has 0 aliphatic carbocycles. The van der Waals surface area contributed by atoms with E-state index < -0.39 is 0 Å². The molecule has 0 aliphatic rings. The maximum atomic E-state index is 6.50. The molecule has 10 aromatic rings. The Balaban J connectivity index is 1.17. The Bertz CT molecular complexity index is 2800. The van der Waals surface area contributed by atoms with Crippen molar-refractivity contribution < 1.29 is 4.42 Å². The summed E-state index contributed by atoms with van der Waals surface area (Å²) in [4.78, 5) is 0. The maximum Gasteiger partial charge on any atom is 0.143 e. The fraction of sp³-hybridized carbons (Fsp3) is 0. The van der Waals surface area contributed by atoms with Gasteiger partial charge in [0.1, 0.15) is 11.2 Å². The lowest BCUT2D eigenvalue weighted by Crippen LogP contribution is -1.92. The zero-order valence-electron chi connectivity index (χ0n) is 26.7. The third-order valence-electron chi connectivity index (χ3n) is 10.1. The topological polar surface area (TPSA) is 13.1 Å². The summed E-state index contributed by atoms with van der Waals surface area (Å²) < 4.78 is 6.50. The van der Waals surface area contributed by atoms with Crippen molar-refractivity contribution in [2.75, 3.05) is 0 Å². The summed E-state index contributed by atoms with van der Waals surface area (Å²) in [6.07, 6.45) is 0. The van der Waals surface area contributed by atoms with Crippen molar-refractivity contribution in [3.63, 3.8) is 0 Å². The molecule has 0 N–H and O–H groups in total. The highest BCUT2D eigenvalue weighted by Gasteiger charge is 2.19. The van der Waals surface area contributed by atoms with Gasteiger partial charge in [0.15, 0.2) is 0 Å². The van der Waals surface area contributed by atoms with Gasteiger partial charge in [-0.25, -0.2) is 0 Å². The lowest BCUT2D eigenvalue weighted by molar-refractivity contribution is 0.673. The first-order chi connectivity index (χ1) is 24.3. The highest BCUT2D eigenvalue weighted by atomic mass is 16.3. The quantitative estimate of drug-likeness (QED) is 0.178. The summed E-state index contributed by atoms with van der Waals surface area (Å²) in [6.45, 7) is 0. The van der Waals surface area contributed by atoms with Crippen molar-refractivity contribution >= 4 is 54.3 Å². The highest BCUT2D eigenvalue weighted by molar-refractivity contribution is 6.23. The normalized spacial score (nSPS) is 11.7. The van der Waals surface area contributed by atoms with E-state index in [-0.39, 0.29) is 0 Å². The Labute approximate surface area is 284 Å². The fourth-order valence-electron chi connectivity index (χ4n) is 7.91. The third kappa shape index (κ3) is 4.33. The molecule has 0 fully saturated rings. The highest BCUT2D eigenvalue weighted by Crippen LogP contribution is 2.46. The van der Waals surface area contributed by atoms with Gasteiger partial charge in [-0.1, -0.05) is 170 Å². The van der Waals surface area contributed by atoms with Gasteiger partial charge in [-0.05, 0) is 83.6 Å². The van der Waals surface area contributed by atoms with Crippen LogP contribution in [0, 0.1) is 0 Å². The van der Waals surface area contributed by atoms with Crippen molar-refractivity contribution in [3.8, 4) is 44.5 Å². The van der Waals surface area contributed by atoms with Crippen LogP contribution in [-0.2, 0) is 0 Å². The minimum Gasteiger partial charge on any atom is -0.455 e. The molecular weight excluding hydrogens is 593 g/mol. The van der Waals surface area contributed by atoms with Crippen LogP contribution in [0.1, 0.15) is 0 Å². The number of furan rings is 1. The van der Waals surface area contributed by atoms with Crippen LogP contribution in [-0.4, -0.2) is 0 Å². The third-order valence-corrected chi connectivity index (χ3v) is 10.1. The summed E-state index contributed by atoms with van der Waals surface area (Å²) in [7, 11) is 0. The summed E-state index contributed by atoms with van der Waals surface area (Å²) in [5.74, 6) is 0. The Hall–Kier alpha value is -6.44. The molecular formula is C48H30O. The van der Waals surface area contributed by atoms with E-state index in [1.54, 1.807) is 0 Å². The molecule has 0 saturated carbocycles. The Kier molecular flexibility index (Phi) is 6.25. The average Bonchev–Trinajstić information content (AvgIpc) is 3.57. The Morgan fingerprint density at radius 2 is 0.816 bits per heavy atom. The van der Waals surface area contributed by atoms with Crippen molar-refractivity contribution in [2.24, 2.45) is 0 Å². The molecule has 9 aromatic carbocycles. The number of hydrogen-bond acceptors (Lipinski definition) is 1. The minimum absolute atomic E-state index is 0.913. The van der Waals surface area contributed by atoms with Crippen LogP contribution in [0.5, 0.6) is 0 Å². The van der Waals surface area contributed by atoms with Crippen LogP contribution >= 0.6 is 0 Å². The van der Waals surface area contributed by atoms with E-state index in [0.717, 1.165) is 27.3 Å². The summed E-state index contributed by atoms with van der Waals surface area (Å²) in [5.41, 5.74) is 11.7. The monoisotopic (exact) mass is 622 g/mol. The molecule has 0 aliphatic heterocycles. The lowest BCUT2D eigenvalue weighted by Gasteiger charge is -2.20. The molecule has 0 spiro atoms. The van der Waals surface area contributed by atoms with Crippen molar-refractivity contribution in [1.29, 1.82) is 0 Å². The van der Waals surface area contributed by atoms with Gasteiger partial charge in [-0.3, -0.25) is 0 Å². The van der Waals surface area contributed by atoms with Gasteiger partial charge in [-0.2, -0.15) is 0 Å². The van der Waals surface area contributed by atoms with Crippen LogP contribution in [0.15, 0.2) is 186 Å². The van der Waals surface area contributed by atoms with Gasteiger partial charge in [-0.15, -0.1) is 0 Å². The molecule has 1 aromatic heterocycles. The molecule has 0 bridgehead atoms. The second-order valence-electron chi connectivity index (χ2n) is 12.8. The van der Waals surface area contributed by atoms with Gasteiger partial charge < -0.3 is 4.42 Å². The van der Waals surface area contributed by atoms with E-state index in [1.807, 2.05) is 0 Å². The second kappa shape index (κ2) is 11.1. The molecule has 0 saturated heterocycles. The van der Waals surface area contributed by atoms with Gasteiger partial charge in [0.25, 0.3) is 0 Å². The Morgan fingerprint density at radius 3 is 1.53 bits per heavy atom. The van der Waals surface area contributed by atoms with Crippen molar-refractivity contribution in [1.82, 2.24) is 0 Å². The number of rotatable bonds is 4. The van der Waals surface area contributed by atoms with Crippen molar-refractivity contribution in [3.05, 3.63) is 182 Å². The molecule has 10 rings (SSSR count). The molecule has 0 radical (unpaired) electrons. The summed E-state index contributed by atoms with van der Waals surface area (Å²) in [6, 6.07) is 65.7. The van der Waals surface area contributed by atoms with E-state index >= 15 is 0 Å². The van der Waals surface area contributed by atoms with Crippen molar-refractivity contribution in [2.45, 2.75) is 0 Å². The molecule has 0 atom stereocenters. The molecule has 1 heteroatoms. The number of hydrogen-bond donors (Lipinski definition) is 0. The largest absolute Gasteiger partial charge is 0.455 e. The first-order valence-electron chi connectivity index (χ1n) is 16.9. The van der Waals surface area contributed by atoms with Crippen LogP contribution in [0.4, 0.5) is 0 Å². The molecule has 228 valence electrons. The standard InChI is InChI=1S/C48H30O/c1-2-13-31(14-3-1)35-16-6-7-18-38(35)46-41-21-10-8-19-39(41)45(40-20-9-11-22-42(40)46)34-27-25-33(26-28-34)36-23-12-24-44-47(36)43-30-29-32-15-4-5-17-37(32)48(43)49-44/h1-30H. The predicted octanol–water partition coefficient (Wildman–Crippen LogP) is 13.7. The minimum atomic E-state index is 0.913. The van der Waals surface area contributed by atoms with E-state index in [0.29, 0.717) is 0 Å². The maximum absolute atomic E-state index is 6.50. The number of fused-ring (bicyclic) bond motifs is 7. The smallest absolute Gasteiger partial charge is 0.143 e. The van der Waals surface area contributed by atoms with Crippen LogP contribution in [0.3, 0.4) is 0 Å². The van der Waals surface area contributed by atoms with Crippen LogP contribution in [0.25, 0.3) is 98.8 Å². The fourth-order valence-corrected chi connectivity index (χ4v) is 7.91. The average molecular weight is 623 g/mol. The van der Waals surface area contributed by atoms with E-state index in [1.165, 1.54) is 71.4 Å². The molecule has 0 unspecified atom stereocenters. The van der Waals surface area contributed by atoms with Gasteiger partial charge >= 0.3 is 0 Å². The van der Waals surface area contributed by atoms with E-state index in [9.17, 15) is 0 Å². The SMILES string of the molecule is c1ccc(-c2ccccc2-c2c3ccccc3c(-c3ccc(-c4cccc5oc6c7ccccc7ccc6c45)cc3)c3ccccc23)cc1. The lowest BCUT2D eigenvalue weighted by atomic mass is 9.83. The predicted molar refractivity (Wildman–Crippen MR) is 208 cm³/mol. The van der Waals surface area contributed by atoms with Crippen LogP contribution < -0.4 is 0 Å². The Morgan fingerprint density at radius 1 is 0.286 bits per heavy atom. The van der Waals surface area contributed by atoms with Gasteiger partial charge in [0.05, 0.1) is 0 Å². The van der Waals surface area contributed by atoms with E-state index in [2.05, 4.69) is 182 Å². The van der Waals surface area contributed by atoms with Gasteiger partial charge in [0, 0.05) is 16.2 Å². The first-order valence-corrected chi connectivity index (χ1v) is 16.9. The molecule has 0 amide bonds. The first kappa shape index (κ1) is 27.7. The zero-order valence-corrected chi connectivity index (χ0v) is 26.7. The number of benzene rings is 9. The molecule has 49 heavy (non-hydrogen) atoms. The molecule has 1 nitrogen and oxygen atoms in total. The second-order valence-corrected chi connectivity index (χ2v) is 12.8. The molecule has 1 heterocycles.